The molecule has 1 fully saturated rings. The highest BCUT2D eigenvalue weighted by molar-refractivity contribution is 5.76. The smallest absolute Gasteiger partial charge is 0.161 e. The molecule has 19 heavy (non-hydrogen) atoms. The second-order valence-electron chi connectivity index (χ2n) is 6.07. The highest BCUT2D eigenvalue weighted by atomic mass is 19.2. The number of nitrogens with zero attached hydrogens (tertiary/aromatic N) is 2. The van der Waals surface area contributed by atoms with E-state index in [0.717, 1.165) is 24.7 Å². The summed E-state index contributed by atoms with van der Waals surface area (Å²) in [5.41, 5.74) is 6.76. The molecule has 0 bridgehead atoms. The maximum absolute atomic E-state index is 13.4. The number of rotatable bonds is 3. The van der Waals surface area contributed by atoms with E-state index in [0.29, 0.717) is 23.5 Å². The Morgan fingerprint density at radius 1 is 1.32 bits per heavy atom. The quantitative estimate of drug-likeness (QED) is 0.927. The third-order valence-electron chi connectivity index (χ3n) is 3.33. The summed E-state index contributed by atoms with van der Waals surface area (Å²) in [6.45, 7) is 4.37. The Morgan fingerprint density at radius 3 is 2.53 bits per heavy atom. The zero-order valence-corrected chi connectivity index (χ0v) is 11.1. The molecule has 0 saturated heterocycles. The fourth-order valence-corrected chi connectivity index (χ4v) is 2.37. The van der Waals surface area contributed by atoms with E-state index in [2.05, 4.69) is 4.98 Å². The molecular formula is C14H17F2N3. The van der Waals surface area contributed by atoms with Gasteiger partial charge in [-0.1, -0.05) is 0 Å². The SMILES string of the molecule is CC(C)(N)Cn1c(C2CC2)nc2cc(F)c(F)cc21. The largest absolute Gasteiger partial charge is 0.326 e. The van der Waals surface area contributed by atoms with Crippen molar-refractivity contribution in [3.8, 4) is 0 Å². The molecule has 1 aliphatic rings. The Balaban J connectivity index is 2.19. The Kier molecular flexibility index (Phi) is 2.64. The molecule has 2 N–H and O–H groups in total. The average Bonchev–Trinajstić information content (AvgIpc) is 3.06. The van der Waals surface area contributed by atoms with Crippen molar-refractivity contribution in [2.45, 2.75) is 44.7 Å². The first kappa shape index (κ1) is 12.5. The van der Waals surface area contributed by atoms with E-state index >= 15 is 0 Å². The van der Waals surface area contributed by atoms with Crippen LogP contribution in [0.5, 0.6) is 0 Å². The number of hydrogen-bond acceptors (Lipinski definition) is 2. The minimum atomic E-state index is -0.855. The Hall–Kier alpha value is -1.49. The maximum atomic E-state index is 13.4. The van der Waals surface area contributed by atoms with Crippen molar-refractivity contribution in [2.75, 3.05) is 0 Å². The Labute approximate surface area is 110 Å². The van der Waals surface area contributed by atoms with Crippen molar-refractivity contribution in [3.05, 3.63) is 29.6 Å². The molecule has 0 unspecified atom stereocenters. The van der Waals surface area contributed by atoms with Gasteiger partial charge in [0.1, 0.15) is 5.82 Å². The molecule has 5 heteroatoms. The summed E-state index contributed by atoms with van der Waals surface area (Å²) in [6, 6.07) is 2.38. The summed E-state index contributed by atoms with van der Waals surface area (Å²) in [4.78, 5) is 4.46. The zero-order chi connectivity index (χ0) is 13.8. The summed E-state index contributed by atoms with van der Waals surface area (Å²) in [6.07, 6.45) is 2.17. The van der Waals surface area contributed by atoms with Crippen molar-refractivity contribution in [1.82, 2.24) is 9.55 Å². The van der Waals surface area contributed by atoms with Gasteiger partial charge in [0.05, 0.1) is 11.0 Å². The fraction of sp³-hybridized carbons (Fsp3) is 0.500. The van der Waals surface area contributed by atoms with Crippen LogP contribution in [0, 0.1) is 11.6 Å². The summed E-state index contributed by atoms with van der Waals surface area (Å²) in [5.74, 6) is -0.392. The Morgan fingerprint density at radius 2 is 1.95 bits per heavy atom. The van der Waals surface area contributed by atoms with Crippen LogP contribution in [0.25, 0.3) is 11.0 Å². The van der Waals surface area contributed by atoms with Gasteiger partial charge in [-0.25, -0.2) is 13.8 Å². The van der Waals surface area contributed by atoms with E-state index in [1.165, 1.54) is 6.07 Å². The van der Waals surface area contributed by atoms with E-state index in [1.807, 2.05) is 18.4 Å². The lowest BCUT2D eigenvalue weighted by Gasteiger charge is -2.21. The number of imidazole rings is 1. The lowest BCUT2D eigenvalue weighted by atomic mass is 10.1. The normalized spacial score (nSPS) is 16.3. The van der Waals surface area contributed by atoms with Crippen LogP contribution in [0.1, 0.15) is 38.4 Å². The molecule has 1 saturated carbocycles. The second kappa shape index (κ2) is 4.00. The van der Waals surface area contributed by atoms with Gasteiger partial charge < -0.3 is 10.3 Å². The number of fused-ring (bicyclic) bond motifs is 1. The molecule has 0 aliphatic heterocycles. The van der Waals surface area contributed by atoms with Crippen molar-refractivity contribution in [1.29, 1.82) is 0 Å². The lowest BCUT2D eigenvalue weighted by Crippen LogP contribution is -2.37. The van der Waals surface area contributed by atoms with Crippen LogP contribution >= 0.6 is 0 Å². The number of halogens is 2. The van der Waals surface area contributed by atoms with Gasteiger partial charge in [-0.2, -0.15) is 0 Å². The molecular weight excluding hydrogens is 248 g/mol. The van der Waals surface area contributed by atoms with Crippen LogP contribution in [-0.2, 0) is 6.54 Å². The molecule has 3 nitrogen and oxygen atoms in total. The van der Waals surface area contributed by atoms with Crippen LogP contribution in [0.4, 0.5) is 8.78 Å². The van der Waals surface area contributed by atoms with E-state index in [4.69, 9.17) is 5.73 Å². The topological polar surface area (TPSA) is 43.8 Å². The van der Waals surface area contributed by atoms with Crippen LogP contribution < -0.4 is 5.73 Å². The van der Waals surface area contributed by atoms with Crippen molar-refractivity contribution < 1.29 is 8.78 Å². The predicted octanol–water partition coefficient (Wildman–Crippen LogP) is 2.93. The van der Waals surface area contributed by atoms with E-state index in [9.17, 15) is 8.78 Å². The maximum Gasteiger partial charge on any atom is 0.161 e. The van der Waals surface area contributed by atoms with Gasteiger partial charge in [0, 0.05) is 30.1 Å². The van der Waals surface area contributed by atoms with Crippen LogP contribution in [0.3, 0.4) is 0 Å². The van der Waals surface area contributed by atoms with Crippen LogP contribution in [0.2, 0.25) is 0 Å². The minimum absolute atomic E-state index is 0.404. The molecule has 1 aliphatic carbocycles. The predicted molar refractivity (Wildman–Crippen MR) is 69.9 cm³/mol. The summed E-state index contributed by atoms with van der Waals surface area (Å²) in [7, 11) is 0. The summed E-state index contributed by atoms with van der Waals surface area (Å²) < 4.78 is 28.7. The van der Waals surface area contributed by atoms with Gasteiger partial charge in [-0.3, -0.25) is 0 Å². The van der Waals surface area contributed by atoms with Crippen molar-refractivity contribution in [3.63, 3.8) is 0 Å². The molecule has 0 amide bonds. The zero-order valence-electron chi connectivity index (χ0n) is 11.1. The summed E-state index contributed by atoms with van der Waals surface area (Å²) in [5, 5.41) is 0. The van der Waals surface area contributed by atoms with Crippen molar-refractivity contribution in [2.24, 2.45) is 5.73 Å². The highest BCUT2D eigenvalue weighted by Gasteiger charge is 2.31. The number of nitrogens with two attached hydrogens (primary N) is 1. The molecule has 0 radical (unpaired) electrons. The number of hydrogen-bond donors (Lipinski definition) is 1. The van der Waals surface area contributed by atoms with Crippen LogP contribution in [0.15, 0.2) is 12.1 Å². The average molecular weight is 265 g/mol. The second-order valence-corrected chi connectivity index (χ2v) is 6.07. The Bertz CT molecular complexity index is 636. The number of aromatic nitrogens is 2. The highest BCUT2D eigenvalue weighted by Crippen LogP contribution is 2.41. The van der Waals surface area contributed by atoms with Gasteiger partial charge >= 0.3 is 0 Å². The molecule has 0 atom stereocenters. The third-order valence-corrected chi connectivity index (χ3v) is 3.33. The lowest BCUT2D eigenvalue weighted by molar-refractivity contribution is 0.431. The molecule has 3 rings (SSSR count). The van der Waals surface area contributed by atoms with Crippen LogP contribution in [-0.4, -0.2) is 15.1 Å². The van der Waals surface area contributed by atoms with Gasteiger partial charge in [0.25, 0.3) is 0 Å². The monoisotopic (exact) mass is 265 g/mol. The van der Waals surface area contributed by atoms with E-state index < -0.39 is 17.2 Å². The summed E-state index contributed by atoms with van der Waals surface area (Å²) >= 11 is 0. The van der Waals surface area contributed by atoms with Gasteiger partial charge in [0.15, 0.2) is 11.6 Å². The molecule has 1 aromatic carbocycles. The number of benzene rings is 1. The first-order valence-electron chi connectivity index (χ1n) is 6.49. The van der Waals surface area contributed by atoms with E-state index in [-0.39, 0.29) is 0 Å². The molecule has 102 valence electrons. The fourth-order valence-electron chi connectivity index (χ4n) is 2.37. The first-order valence-corrected chi connectivity index (χ1v) is 6.49. The first-order chi connectivity index (χ1) is 8.85. The van der Waals surface area contributed by atoms with Gasteiger partial charge in [-0.15, -0.1) is 0 Å². The van der Waals surface area contributed by atoms with Gasteiger partial charge in [0.2, 0.25) is 0 Å². The van der Waals surface area contributed by atoms with E-state index in [1.54, 1.807) is 0 Å². The third kappa shape index (κ3) is 2.34. The molecule has 2 aromatic rings. The molecule has 0 spiro atoms. The van der Waals surface area contributed by atoms with Gasteiger partial charge in [-0.05, 0) is 26.7 Å². The molecule has 1 aromatic heterocycles. The standard InChI is InChI=1S/C14H17F2N3/c1-14(2,17)7-19-12-6-10(16)9(15)5-11(12)18-13(19)8-3-4-8/h5-6,8H,3-4,7,17H2,1-2H3. The minimum Gasteiger partial charge on any atom is -0.326 e. The van der Waals surface area contributed by atoms with Crippen molar-refractivity contribution >= 4 is 11.0 Å². The molecule has 1 heterocycles.